The van der Waals surface area contributed by atoms with Gasteiger partial charge in [-0.05, 0) is 12.8 Å². The van der Waals surface area contributed by atoms with Crippen LogP contribution in [0.5, 0.6) is 0 Å². The van der Waals surface area contributed by atoms with Crippen molar-refractivity contribution in [2.75, 3.05) is 5.32 Å². The summed E-state index contributed by atoms with van der Waals surface area (Å²) < 4.78 is 0. The molecule has 1 aliphatic carbocycles. The number of hydrogen-bond donors (Lipinski definition) is 3. The number of hydrogen-bond acceptors (Lipinski definition) is 4. The molecule has 1 aromatic rings. The van der Waals surface area contributed by atoms with Gasteiger partial charge in [-0.1, -0.05) is 0 Å². The second kappa shape index (κ2) is 2.81. The molecule has 2 heterocycles. The van der Waals surface area contributed by atoms with Crippen molar-refractivity contribution in [1.82, 2.24) is 15.3 Å². The van der Waals surface area contributed by atoms with Crippen LogP contribution >= 0.6 is 0 Å². The van der Waals surface area contributed by atoms with Crippen molar-refractivity contribution in [2.45, 2.75) is 32.0 Å². The Balaban J connectivity index is 2.03. The molecular weight excluding hydrogens is 180 g/mol. The minimum atomic E-state index is -0.254. The van der Waals surface area contributed by atoms with Crippen molar-refractivity contribution >= 4 is 5.82 Å². The maximum Gasteiger partial charge on any atom is 0.347 e. The van der Waals surface area contributed by atoms with Gasteiger partial charge in [0.05, 0.1) is 0 Å². The highest BCUT2D eigenvalue weighted by Crippen LogP contribution is 2.26. The number of aromatic amines is 1. The highest BCUT2D eigenvalue weighted by atomic mass is 16.1. The van der Waals surface area contributed by atoms with Gasteiger partial charge in [-0.2, -0.15) is 4.98 Å². The molecule has 5 heteroatoms. The molecule has 0 unspecified atom stereocenters. The van der Waals surface area contributed by atoms with E-state index in [2.05, 4.69) is 20.6 Å². The van der Waals surface area contributed by atoms with Gasteiger partial charge in [0.15, 0.2) is 0 Å². The Bertz CT molecular complexity index is 421. The zero-order chi connectivity index (χ0) is 9.54. The van der Waals surface area contributed by atoms with E-state index in [0.717, 1.165) is 30.2 Å². The lowest BCUT2D eigenvalue weighted by Crippen LogP contribution is -2.18. The number of rotatable bonds is 2. The van der Waals surface area contributed by atoms with Crippen LogP contribution < -0.4 is 16.3 Å². The summed E-state index contributed by atoms with van der Waals surface area (Å²) >= 11 is 0. The van der Waals surface area contributed by atoms with Gasteiger partial charge >= 0.3 is 5.69 Å². The first-order valence-corrected chi connectivity index (χ1v) is 4.92. The molecule has 74 valence electrons. The predicted molar refractivity (Wildman–Crippen MR) is 52.0 cm³/mol. The largest absolute Gasteiger partial charge is 0.367 e. The summed E-state index contributed by atoms with van der Waals surface area (Å²) in [4.78, 5) is 17.9. The Kier molecular flexibility index (Phi) is 1.61. The topological polar surface area (TPSA) is 69.8 Å². The molecule has 0 aromatic carbocycles. The summed E-state index contributed by atoms with van der Waals surface area (Å²) in [5, 5.41) is 6.48. The van der Waals surface area contributed by atoms with Crippen molar-refractivity contribution in [2.24, 2.45) is 0 Å². The Hall–Kier alpha value is -1.36. The van der Waals surface area contributed by atoms with Gasteiger partial charge in [0.2, 0.25) is 0 Å². The van der Waals surface area contributed by atoms with Gasteiger partial charge in [-0.15, -0.1) is 0 Å². The number of aromatic nitrogens is 2. The molecule has 0 spiro atoms. The highest BCUT2D eigenvalue weighted by molar-refractivity contribution is 5.48. The molecule has 14 heavy (non-hydrogen) atoms. The van der Waals surface area contributed by atoms with Crippen molar-refractivity contribution in [3.63, 3.8) is 0 Å². The van der Waals surface area contributed by atoms with E-state index in [-0.39, 0.29) is 5.69 Å². The smallest absolute Gasteiger partial charge is 0.347 e. The van der Waals surface area contributed by atoms with E-state index >= 15 is 0 Å². The molecule has 5 nitrogen and oxygen atoms in total. The van der Waals surface area contributed by atoms with Crippen molar-refractivity contribution < 1.29 is 0 Å². The SMILES string of the molecule is O=c1nc(NC2CC2)c2c([nH]1)CNC2. The van der Waals surface area contributed by atoms with Crippen LogP contribution in [0.4, 0.5) is 5.82 Å². The third-order valence-corrected chi connectivity index (χ3v) is 2.64. The maximum absolute atomic E-state index is 11.2. The zero-order valence-corrected chi connectivity index (χ0v) is 7.76. The molecule has 3 N–H and O–H groups in total. The summed E-state index contributed by atoms with van der Waals surface area (Å²) in [6.45, 7) is 1.54. The van der Waals surface area contributed by atoms with Crippen molar-refractivity contribution in [1.29, 1.82) is 0 Å². The van der Waals surface area contributed by atoms with E-state index in [1.54, 1.807) is 0 Å². The molecular formula is C9H12N4O. The summed E-state index contributed by atoms with van der Waals surface area (Å²) in [5.41, 5.74) is 1.85. The fourth-order valence-corrected chi connectivity index (χ4v) is 1.74. The Morgan fingerprint density at radius 3 is 3.00 bits per heavy atom. The van der Waals surface area contributed by atoms with Crippen molar-refractivity contribution in [3.05, 3.63) is 21.7 Å². The molecule has 0 amide bonds. The fourth-order valence-electron chi connectivity index (χ4n) is 1.74. The van der Waals surface area contributed by atoms with Gasteiger partial charge in [0.1, 0.15) is 5.82 Å². The number of nitrogens with zero attached hydrogens (tertiary/aromatic N) is 1. The molecule has 2 aliphatic rings. The quantitative estimate of drug-likeness (QED) is 0.614. The third kappa shape index (κ3) is 1.29. The van der Waals surface area contributed by atoms with E-state index in [0.29, 0.717) is 6.04 Å². The summed E-state index contributed by atoms with van der Waals surface area (Å²) in [6, 6.07) is 0.536. The van der Waals surface area contributed by atoms with Crippen LogP contribution in [0.15, 0.2) is 4.79 Å². The molecule has 1 fully saturated rings. The molecule has 0 bridgehead atoms. The van der Waals surface area contributed by atoms with Crippen molar-refractivity contribution in [3.8, 4) is 0 Å². The highest BCUT2D eigenvalue weighted by Gasteiger charge is 2.25. The first-order valence-electron chi connectivity index (χ1n) is 4.92. The average Bonchev–Trinajstić information content (AvgIpc) is 2.81. The molecule has 0 radical (unpaired) electrons. The van der Waals surface area contributed by atoms with Crippen LogP contribution in [-0.2, 0) is 13.1 Å². The lowest BCUT2D eigenvalue weighted by molar-refractivity contribution is 0.757. The van der Waals surface area contributed by atoms with Gasteiger partial charge in [-0.3, -0.25) is 0 Å². The van der Waals surface area contributed by atoms with Crippen LogP contribution in [0.2, 0.25) is 0 Å². The number of nitrogens with one attached hydrogen (secondary N) is 3. The summed E-state index contributed by atoms with van der Waals surface area (Å²) in [7, 11) is 0. The molecule has 3 rings (SSSR count). The second-order valence-electron chi connectivity index (χ2n) is 3.87. The third-order valence-electron chi connectivity index (χ3n) is 2.64. The van der Waals surface area contributed by atoms with Crippen LogP contribution in [-0.4, -0.2) is 16.0 Å². The van der Waals surface area contributed by atoms with Gasteiger partial charge in [-0.25, -0.2) is 4.79 Å². The standard InChI is InChI=1S/C9H12N4O/c14-9-12-7-4-10-3-6(7)8(13-9)11-5-1-2-5/h5,10H,1-4H2,(H2,11,12,13,14). The minimum absolute atomic E-state index is 0.254. The van der Waals surface area contributed by atoms with E-state index in [9.17, 15) is 4.79 Å². The molecule has 0 atom stereocenters. The van der Waals surface area contributed by atoms with Crippen LogP contribution in [0, 0.1) is 0 Å². The first kappa shape index (κ1) is 7.99. The lowest BCUT2D eigenvalue weighted by Gasteiger charge is -2.07. The lowest BCUT2D eigenvalue weighted by atomic mass is 10.2. The Morgan fingerprint density at radius 2 is 2.21 bits per heavy atom. The average molecular weight is 192 g/mol. The van der Waals surface area contributed by atoms with Gasteiger partial charge in [0, 0.05) is 30.4 Å². The molecule has 1 saturated carbocycles. The summed E-state index contributed by atoms with van der Waals surface area (Å²) in [6.07, 6.45) is 2.38. The monoisotopic (exact) mass is 192 g/mol. The number of H-pyrrole nitrogens is 1. The molecule has 1 aliphatic heterocycles. The maximum atomic E-state index is 11.2. The molecule has 0 saturated heterocycles. The first-order chi connectivity index (χ1) is 6.83. The number of fused-ring (bicyclic) bond motifs is 1. The Morgan fingerprint density at radius 1 is 1.36 bits per heavy atom. The van der Waals surface area contributed by atoms with Gasteiger partial charge < -0.3 is 15.6 Å². The Labute approximate surface area is 80.9 Å². The zero-order valence-electron chi connectivity index (χ0n) is 7.76. The van der Waals surface area contributed by atoms with E-state index < -0.39 is 0 Å². The van der Waals surface area contributed by atoms with Crippen LogP contribution in [0.3, 0.4) is 0 Å². The number of anilines is 1. The second-order valence-corrected chi connectivity index (χ2v) is 3.87. The van der Waals surface area contributed by atoms with E-state index in [1.807, 2.05) is 0 Å². The fraction of sp³-hybridized carbons (Fsp3) is 0.556. The van der Waals surface area contributed by atoms with E-state index in [4.69, 9.17) is 0 Å². The normalized spacial score (nSPS) is 19.4. The van der Waals surface area contributed by atoms with Crippen LogP contribution in [0.25, 0.3) is 0 Å². The summed E-state index contributed by atoms with van der Waals surface area (Å²) in [5.74, 6) is 0.774. The van der Waals surface area contributed by atoms with Gasteiger partial charge in [0.25, 0.3) is 0 Å². The minimum Gasteiger partial charge on any atom is -0.367 e. The van der Waals surface area contributed by atoms with Crippen LogP contribution in [0.1, 0.15) is 24.1 Å². The molecule has 1 aromatic heterocycles. The predicted octanol–water partition coefficient (Wildman–Crippen LogP) is -0.0526. The van der Waals surface area contributed by atoms with E-state index in [1.165, 1.54) is 12.8 Å².